The first-order valence-corrected chi connectivity index (χ1v) is 9.12. The molecule has 3 aromatic heterocycles. The fourth-order valence-electron chi connectivity index (χ4n) is 2.86. The molecule has 0 aliphatic carbocycles. The van der Waals surface area contributed by atoms with Gasteiger partial charge in [-0.05, 0) is 38.5 Å². The number of halogens is 1. The van der Waals surface area contributed by atoms with Crippen molar-refractivity contribution in [3.05, 3.63) is 51.5 Å². The number of hydrogen-bond donors (Lipinski definition) is 2. The fraction of sp³-hybridized carbons (Fsp3) is 0.222. The topological polar surface area (TPSA) is 116 Å². The lowest BCUT2D eigenvalue weighted by Crippen LogP contribution is -2.17. The highest BCUT2D eigenvalue weighted by Crippen LogP contribution is 2.34. The summed E-state index contributed by atoms with van der Waals surface area (Å²) in [6.07, 6.45) is 1.14. The van der Waals surface area contributed by atoms with Crippen LogP contribution in [0.4, 0.5) is 9.39 Å². The van der Waals surface area contributed by atoms with Gasteiger partial charge in [-0.25, -0.2) is 14.2 Å². The molecule has 0 radical (unpaired) electrons. The number of thiophene rings is 1. The molecule has 146 valence electrons. The van der Waals surface area contributed by atoms with Crippen molar-refractivity contribution in [1.82, 2.24) is 9.38 Å². The zero-order valence-corrected chi connectivity index (χ0v) is 16.1. The molecule has 3 aromatic rings. The van der Waals surface area contributed by atoms with Crippen molar-refractivity contribution in [3.8, 4) is 0 Å². The summed E-state index contributed by atoms with van der Waals surface area (Å²) in [4.78, 5) is 41.2. The van der Waals surface area contributed by atoms with Crippen LogP contribution in [0.25, 0.3) is 5.65 Å². The van der Waals surface area contributed by atoms with Crippen LogP contribution in [0.5, 0.6) is 0 Å². The molecule has 3 rings (SSSR count). The van der Waals surface area contributed by atoms with E-state index in [9.17, 15) is 18.8 Å². The Hall–Kier alpha value is -3.27. The molecule has 0 unspecified atom stereocenters. The van der Waals surface area contributed by atoms with E-state index in [0.717, 1.165) is 17.5 Å². The van der Waals surface area contributed by atoms with Crippen LogP contribution >= 0.6 is 11.3 Å². The van der Waals surface area contributed by atoms with Gasteiger partial charge >= 0.3 is 5.97 Å². The maximum Gasteiger partial charge on any atom is 0.341 e. The van der Waals surface area contributed by atoms with Crippen molar-refractivity contribution in [3.63, 3.8) is 0 Å². The minimum Gasteiger partial charge on any atom is -0.462 e. The molecule has 28 heavy (non-hydrogen) atoms. The second-order valence-corrected chi connectivity index (χ2v) is 6.94. The number of nitrogens with one attached hydrogen (secondary N) is 1. The number of rotatable bonds is 5. The number of nitrogens with two attached hydrogens (primary N) is 1. The average Bonchev–Trinajstić information content (AvgIpc) is 3.11. The predicted molar refractivity (Wildman–Crippen MR) is 101 cm³/mol. The van der Waals surface area contributed by atoms with E-state index < -0.39 is 23.6 Å². The highest BCUT2D eigenvalue weighted by molar-refractivity contribution is 7.18. The Bertz CT molecular complexity index is 1120. The Morgan fingerprint density at radius 3 is 2.68 bits per heavy atom. The molecule has 0 bridgehead atoms. The number of primary amides is 1. The lowest BCUT2D eigenvalue weighted by Gasteiger charge is -2.08. The van der Waals surface area contributed by atoms with Crippen LogP contribution in [-0.2, 0) is 4.74 Å². The molecule has 0 saturated heterocycles. The summed E-state index contributed by atoms with van der Waals surface area (Å²) in [5.74, 6) is -2.55. The number of carbonyl (C=O) groups is 3. The Morgan fingerprint density at radius 1 is 1.32 bits per heavy atom. The Balaban J connectivity index is 2.07. The predicted octanol–water partition coefficient (Wildman–Crippen LogP) is 2.68. The first kappa shape index (κ1) is 19.5. The van der Waals surface area contributed by atoms with Crippen LogP contribution in [-0.4, -0.2) is 33.8 Å². The number of pyridine rings is 1. The fourth-order valence-corrected chi connectivity index (χ4v) is 3.90. The molecule has 10 heteroatoms. The zero-order valence-electron chi connectivity index (χ0n) is 15.3. The number of carbonyl (C=O) groups excluding carboxylic acids is 3. The molecule has 0 spiro atoms. The second kappa shape index (κ2) is 7.39. The van der Waals surface area contributed by atoms with Gasteiger partial charge in [0.15, 0.2) is 0 Å². The number of amides is 2. The number of aryl methyl sites for hydroxylation is 1. The van der Waals surface area contributed by atoms with Crippen molar-refractivity contribution in [2.75, 3.05) is 11.9 Å². The highest BCUT2D eigenvalue weighted by Gasteiger charge is 2.27. The molecule has 0 fully saturated rings. The molecule has 0 aromatic carbocycles. The Kier molecular flexibility index (Phi) is 5.14. The van der Waals surface area contributed by atoms with Gasteiger partial charge in [0.1, 0.15) is 22.2 Å². The lowest BCUT2D eigenvalue weighted by atomic mass is 10.1. The van der Waals surface area contributed by atoms with E-state index >= 15 is 0 Å². The standard InChI is InChI=1S/C18H17FN4O4S/c1-4-27-18(26)12-8(2)14(15(20)24)28-17(12)22-16(25)13-9(3)21-11-6-5-10(19)7-23(11)13/h5-7H,4H2,1-3H3,(H2,20,24)(H,22,25). The first-order chi connectivity index (χ1) is 13.2. The summed E-state index contributed by atoms with van der Waals surface area (Å²) in [5, 5.41) is 2.73. The number of fused-ring (bicyclic) bond motifs is 1. The molecule has 0 aliphatic heterocycles. The van der Waals surface area contributed by atoms with E-state index in [0.29, 0.717) is 16.9 Å². The summed E-state index contributed by atoms with van der Waals surface area (Å²) >= 11 is 0.877. The Labute approximate surface area is 163 Å². The van der Waals surface area contributed by atoms with Crippen molar-refractivity contribution < 1.29 is 23.5 Å². The van der Waals surface area contributed by atoms with Gasteiger partial charge in [-0.2, -0.15) is 0 Å². The van der Waals surface area contributed by atoms with E-state index in [-0.39, 0.29) is 27.7 Å². The van der Waals surface area contributed by atoms with E-state index in [1.807, 2.05) is 0 Å². The monoisotopic (exact) mass is 404 g/mol. The molecule has 0 atom stereocenters. The van der Waals surface area contributed by atoms with E-state index in [2.05, 4.69) is 10.3 Å². The maximum absolute atomic E-state index is 13.6. The minimum absolute atomic E-state index is 0.0617. The van der Waals surface area contributed by atoms with Crippen LogP contribution in [0.3, 0.4) is 0 Å². The summed E-state index contributed by atoms with van der Waals surface area (Å²) in [7, 11) is 0. The number of ether oxygens (including phenoxy) is 1. The maximum atomic E-state index is 13.6. The van der Waals surface area contributed by atoms with Crippen LogP contribution in [0.15, 0.2) is 18.3 Å². The first-order valence-electron chi connectivity index (χ1n) is 8.30. The normalized spacial score (nSPS) is 10.9. The quantitative estimate of drug-likeness (QED) is 0.634. The average molecular weight is 404 g/mol. The van der Waals surface area contributed by atoms with Gasteiger partial charge in [0.05, 0.1) is 22.7 Å². The molecule has 8 nitrogen and oxygen atoms in total. The minimum atomic E-state index is -0.721. The highest BCUT2D eigenvalue weighted by atomic mass is 32.1. The van der Waals surface area contributed by atoms with Crippen LogP contribution in [0, 0.1) is 19.7 Å². The van der Waals surface area contributed by atoms with Gasteiger partial charge in [0.2, 0.25) is 0 Å². The summed E-state index contributed by atoms with van der Waals surface area (Å²) in [6, 6.07) is 2.69. The molecule has 3 heterocycles. The smallest absolute Gasteiger partial charge is 0.341 e. The number of esters is 1. The van der Waals surface area contributed by atoms with Crippen molar-refractivity contribution in [2.45, 2.75) is 20.8 Å². The van der Waals surface area contributed by atoms with Crippen LogP contribution in [0.1, 0.15) is 48.7 Å². The van der Waals surface area contributed by atoms with Crippen molar-refractivity contribution in [1.29, 1.82) is 0 Å². The van der Waals surface area contributed by atoms with Gasteiger partial charge in [0.25, 0.3) is 11.8 Å². The van der Waals surface area contributed by atoms with Gasteiger partial charge in [-0.15, -0.1) is 11.3 Å². The third-order valence-electron chi connectivity index (χ3n) is 4.05. The number of hydrogen-bond acceptors (Lipinski definition) is 6. The van der Waals surface area contributed by atoms with Gasteiger partial charge < -0.3 is 15.8 Å². The number of anilines is 1. The van der Waals surface area contributed by atoms with Crippen LogP contribution < -0.4 is 11.1 Å². The van der Waals surface area contributed by atoms with Gasteiger partial charge in [-0.1, -0.05) is 0 Å². The number of imidazole rings is 1. The molecule has 2 amide bonds. The van der Waals surface area contributed by atoms with Crippen LogP contribution in [0.2, 0.25) is 0 Å². The van der Waals surface area contributed by atoms with Crippen molar-refractivity contribution in [2.24, 2.45) is 5.73 Å². The molecule has 0 saturated carbocycles. The van der Waals surface area contributed by atoms with E-state index in [1.165, 1.54) is 16.5 Å². The third kappa shape index (κ3) is 3.33. The van der Waals surface area contributed by atoms with Crippen molar-refractivity contribution >= 4 is 39.8 Å². The largest absolute Gasteiger partial charge is 0.462 e. The molecular weight excluding hydrogens is 387 g/mol. The molecule has 3 N–H and O–H groups in total. The summed E-state index contributed by atoms with van der Waals surface area (Å²) in [5.41, 5.74) is 6.63. The van der Waals surface area contributed by atoms with Gasteiger partial charge in [0, 0.05) is 6.20 Å². The molecular formula is C18H17FN4O4S. The lowest BCUT2D eigenvalue weighted by molar-refractivity contribution is 0.0527. The summed E-state index contributed by atoms with van der Waals surface area (Å²) in [6.45, 7) is 4.93. The Morgan fingerprint density at radius 2 is 2.04 bits per heavy atom. The van der Waals surface area contributed by atoms with Gasteiger partial charge in [-0.3, -0.25) is 14.0 Å². The SMILES string of the molecule is CCOC(=O)c1c(NC(=O)c2c(C)nc3ccc(F)cn23)sc(C(N)=O)c1C. The third-order valence-corrected chi connectivity index (χ3v) is 5.27. The van der Waals surface area contributed by atoms with E-state index in [1.54, 1.807) is 20.8 Å². The molecule has 0 aliphatic rings. The number of nitrogens with zero attached hydrogens (tertiary/aromatic N) is 2. The zero-order chi connectivity index (χ0) is 20.6. The summed E-state index contributed by atoms with van der Waals surface area (Å²) < 4.78 is 20.0. The van der Waals surface area contributed by atoms with E-state index in [4.69, 9.17) is 10.5 Å². The number of aromatic nitrogens is 2. The second-order valence-electron chi connectivity index (χ2n) is 5.92.